The van der Waals surface area contributed by atoms with Gasteiger partial charge in [-0.05, 0) is 24.5 Å². The highest BCUT2D eigenvalue weighted by Crippen LogP contribution is 2.16. The van der Waals surface area contributed by atoms with Crippen molar-refractivity contribution in [2.75, 3.05) is 19.6 Å². The van der Waals surface area contributed by atoms with E-state index in [0.29, 0.717) is 0 Å². The van der Waals surface area contributed by atoms with Gasteiger partial charge in [-0.2, -0.15) is 13.2 Å². The van der Waals surface area contributed by atoms with E-state index in [0.717, 1.165) is 0 Å². The fourth-order valence-corrected chi connectivity index (χ4v) is 1.41. The predicted molar refractivity (Wildman–Crippen MR) is 77.1 cm³/mol. The van der Waals surface area contributed by atoms with Crippen LogP contribution >= 0.6 is 0 Å². The second-order valence-electron chi connectivity index (χ2n) is 4.38. The Kier molecular flexibility index (Phi) is 7.48. The van der Waals surface area contributed by atoms with Crippen molar-refractivity contribution in [1.29, 1.82) is 0 Å². The van der Waals surface area contributed by atoms with Crippen molar-refractivity contribution < 1.29 is 36.7 Å². The number of nitrogens with two attached hydrogens (primary N) is 1. The number of alkyl halides is 3. The molecule has 0 fully saturated rings. The number of hydrogen-bond acceptors (Lipinski definition) is 6. The van der Waals surface area contributed by atoms with Crippen LogP contribution in [-0.4, -0.2) is 43.8 Å². The van der Waals surface area contributed by atoms with Gasteiger partial charge in [0.2, 0.25) is 0 Å². The van der Waals surface area contributed by atoms with Crippen molar-refractivity contribution >= 4 is 18.0 Å². The number of rotatable bonds is 5. The van der Waals surface area contributed by atoms with E-state index in [1.54, 1.807) is 0 Å². The summed E-state index contributed by atoms with van der Waals surface area (Å²) in [6, 6.07) is 2.90. The summed E-state index contributed by atoms with van der Waals surface area (Å²) in [4.78, 5) is 33.0. The van der Waals surface area contributed by atoms with Gasteiger partial charge in [0.15, 0.2) is 11.5 Å². The lowest BCUT2D eigenvalue weighted by Crippen LogP contribution is -2.35. The molecule has 1 rings (SSSR count). The molecule has 0 unspecified atom stereocenters. The molecular weight excluding hydrogens is 347 g/mol. The van der Waals surface area contributed by atoms with Gasteiger partial charge in [0.1, 0.15) is 0 Å². The first kappa shape index (κ1) is 20.0. The van der Waals surface area contributed by atoms with Crippen LogP contribution in [0.15, 0.2) is 16.5 Å². The van der Waals surface area contributed by atoms with Gasteiger partial charge in [0, 0.05) is 13.1 Å². The van der Waals surface area contributed by atoms with E-state index in [1.807, 2.05) is 5.32 Å². The highest BCUT2D eigenvalue weighted by Gasteiger charge is 2.42. The van der Waals surface area contributed by atoms with Crippen molar-refractivity contribution in [3.05, 3.63) is 23.7 Å². The maximum absolute atomic E-state index is 11.8. The Morgan fingerprint density at radius 3 is 2.52 bits per heavy atom. The SMILES string of the molecule is NCC#Cc1ccc(C(=O)NCCCNC(=O)OC(=O)C(F)(F)F)o1. The van der Waals surface area contributed by atoms with Crippen LogP contribution in [0.4, 0.5) is 18.0 Å². The second-order valence-corrected chi connectivity index (χ2v) is 4.38. The molecule has 0 radical (unpaired) electrons. The maximum atomic E-state index is 11.8. The first-order valence-electron chi connectivity index (χ1n) is 6.88. The molecule has 25 heavy (non-hydrogen) atoms. The molecule has 1 heterocycles. The van der Waals surface area contributed by atoms with Crippen LogP contribution in [-0.2, 0) is 9.53 Å². The molecule has 2 amide bonds. The molecule has 1 aromatic heterocycles. The van der Waals surface area contributed by atoms with E-state index >= 15 is 0 Å². The lowest BCUT2D eigenvalue weighted by atomic mass is 10.3. The molecule has 136 valence electrons. The van der Waals surface area contributed by atoms with Gasteiger partial charge in [-0.15, -0.1) is 0 Å². The van der Waals surface area contributed by atoms with Crippen molar-refractivity contribution in [3.8, 4) is 11.8 Å². The summed E-state index contributed by atoms with van der Waals surface area (Å²) in [7, 11) is 0. The number of carbonyl (C=O) groups is 3. The van der Waals surface area contributed by atoms with Crippen LogP contribution in [0.3, 0.4) is 0 Å². The Bertz CT molecular complexity index is 688. The monoisotopic (exact) mass is 361 g/mol. The minimum Gasteiger partial charge on any atom is -0.443 e. The summed E-state index contributed by atoms with van der Waals surface area (Å²) in [5.74, 6) is 2.31. The number of ether oxygens (including phenoxy) is 1. The van der Waals surface area contributed by atoms with E-state index in [9.17, 15) is 27.6 Å². The first-order valence-corrected chi connectivity index (χ1v) is 6.88. The van der Waals surface area contributed by atoms with E-state index in [4.69, 9.17) is 10.2 Å². The summed E-state index contributed by atoms with van der Waals surface area (Å²) in [6.45, 7) is 0.124. The zero-order valence-electron chi connectivity index (χ0n) is 12.7. The summed E-state index contributed by atoms with van der Waals surface area (Å²) < 4.78 is 44.2. The fraction of sp³-hybridized carbons (Fsp3) is 0.357. The van der Waals surface area contributed by atoms with Crippen LogP contribution in [0.2, 0.25) is 0 Å². The van der Waals surface area contributed by atoms with Crippen LogP contribution in [0.1, 0.15) is 22.7 Å². The molecule has 0 saturated carbocycles. The van der Waals surface area contributed by atoms with Crippen LogP contribution in [0.25, 0.3) is 0 Å². The molecule has 0 atom stereocenters. The molecular formula is C14H14F3N3O5. The van der Waals surface area contributed by atoms with Gasteiger partial charge in [0.25, 0.3) is 5.91 Å². The van der Waals surface area contributed by atoms with Crippen LogP contribution in [0, 0.1) is 11.8 Å². The van der Waals surface area contributed by atoms with Crippen molar-refractivity contribution in [2.24, 2.45) is 5.73 Å². The lowest BCUT2D eigenvalue weighted by molar-refractivity contribution is -0.192. The molecule has 0 aliphatic carbocycles. The number of halogens is 3. The van der Waals surface area contributed by atoms with E-state index in [1.165, 1.54) is 12.1 Å². The number of carbonyl (C=O) groups excluding carboxylic acids is 3. The van der Waals surface area contributed by atoms with Gasteiger partial charge < -0.3 is 25.5 Å². The lowest BCUT2D eigenvalue weighted by Gasteiger charge is -2.07. The summed E-state index contributed by atoms with van der Waals surface area (Å²) in [6.07, 6.45) is -6.59. The minimum atomic E-state index is -5.25. The smallest absolute Gasteiger partial charge is 0.443 e. The Morgan fingerprint density at radius 2 is 1.88 bits per heavy atom. The molecule has 0 saturated heterocycles. The van der Waals surface area contributed by atoms with Crippen molar-refractivity contribution in [3.63, 3.8) is 0 Å². The number of hydrogen-bond donors (Lipinski definition) is 3. The Labute approximate surface area is 139 Å². The summed E-state index contributed by atoms with van der Waals surface area (Å²) in [5, 5.41) is 4.40. The van der Waals surface area contributed by atoms with Crippen molar-refractivity contribution in [2.45, 2.75) is 12.6 Å². The number of alkyl carbamates (subject to hydrolysis) is 1. The first-order chi connectivity index (χ1) is 11.7. The molecule has 0 aliphatic heterocycles. The zero-order valence-corrected chi connectivity index (χ0v) is 12.7. The van der Waals surface area contributed by atoms with Crippen molar-refractivity contribution in [1.82, 2.24) is 10.6 Å². The Balaban J connectivity index is 2.25. The standard InChI is InChI=1S/C14H14F3N3O5/c15-14(16,17)12(22)25-13(23)20-8-2-7-19-11(21)10-5-4-9(24-10)3-1-6-18/h4-5H,2,6-8,18H2,(H,19,21)(H,20,23). The van der Waals surface area contributed by atoms with Gasteiger partial charge in [-0.3, -0.25) is 4.79 Å². The van der Waals surface area contributed by atoms with E-state index < -0.39 is 24.1 Å². The highest BCUT2D eigenvalue weighted by molar-refractivity contribution is 5.91. The average molecular weight is 361 g/mol. The highest BCUT2D eigenvalue weighted by atomic mass is 19.4. The van der Waals surface area contributed by atoms with Gasteiger partial charge in [0.05, 0.1) is 6.54 Å². The molecule has 1 aromatic rings. The molecule has 0 bridgehead atoms. The molecule has 11 heteroatoms. The van der Waals surface area contributed by atoms with E-state index in [2.05, 4.69) is 21.9 Å². The van der Waals surface area contributed by atoms with E-state index in [-0.39, 0.29) is 37.6 Å². The third-order valence-corrected chi connectivity index (χ3v) is 2.47. The minimum absolute atomic E-state index is 0.0180. The maximum Gasteiger partial charge on any atom is 0.491 e. The average Bonchev–Trinajstić information content (AvgIpc) is 3.00. The van der Waals surface area contributed by atoms with Gasteiger partial charge >= 0.3 is 18.2 Å². The zero-order chi connectivity index (χ0) is 18.9. The molecule has 0 aliphatic rings. The predicted octanol–water partition coefficient (Wildman–Crippen LogP) is 0.525. The Morgan fingerprint density at radius 1 is 1.20 bits per heavy atom. The number of esters is 1. The van der Waals surface area contributed by atoms with Crippen LogP contribution in [0.5, 0.6) is 0 Å². The largest absolute Gasteiger partial charge is 0.491 e. The van der Waals surface area contributed by atoms with Crippen LogP contribution < -0.4 is 16.4 Å². The topological polar surface area (TPSA) is 124 Å². The Hall–Kier alpha value is -3.00. The van der Waals surface area contributed by atoms with Gasteiger partial charge in [-0.1, -0.05) is 5.92 Å². The fourth-order valence-electron chi connectivity index (χ4n) is 1.41. The number of nitrogens with one attached hydrogen (secondary N) is 2. The molecule has 0 spiro atoms. The third kappa shape index (κ3) is 7.40. The summed E-state index contributed by atoms with van der Waals surface area (Å²) >= 11 is 0. The summed E-state index contributed by atoms with van der Waals surface area (Å²) in [5.41, 5.74) is 5.20. The molecule has 8 nitrogen and oxygen atoms in total. The molecule has 0 aromatic carbocycles. The normalized spacial score (nSPS) is 10.4. The molecule has 4 N–H and O–H groups in total. The second kappa shape index (κ2) is 9.33. The number of furan rings is 1. The number of amides is 2. The third-order valence-electron chi connectivity index (χ3n) is 2.47. The quantitative estimate of drug-likeness (QED) is 0.304. The van der Waals surface area contributed by atoms with Gasteiger partial charge in [-0.25, -0.2) is 9.59 Å².